The van der Waals surface area contributed by atoms with Gasteiger partial charge in [0.25, 0.3) is 10.0 Å². The lowest BCUT2D eigenvalue weighted by Gasteiger charge is -2.35. The normalized spacial score (nSPS) is 12.3. The van der Waals surface area contributed by atoms with Gasteiger partial charge in [-0.1, -0.05) is 95.5 Å². The molecule has 46 heavy (non-hydrogen) atoms. The lowest BCUT2D eigenvalue weighted by Crippen LogP contribution is -2.56. The number of amides is 2. The Kier molecular flexibility index (Phi) is 11.0. The van der Waals surface area contributed by atoms with Crippen LogP contribution in [-0.2, 0) is 32.6 Å². The van der Waals surface area contributed by atoms with E-state index in [1.54, 1.807) is 48.5 Å². The molecule has 4 aromatic carbocycles. The number of rotatable bonds is 11. The van der Waals surface area contributed by atoms with Gasteiger partial charge in [-0.2, -0.15) is 0 Å². The number of halogens is 1. The molecule has 242 valence electrons. The minimum Gasteiger partial charge on any atom is -0.350 e. The lowest BCUT2D eigenvalue weighted by molar-refractivity contribution is -0.140. The van der Waals surface area contributed by atoms with Gasteiger partial charge < -0.3 is 10.2 Å². The van der Waals surface area contributed by atoms with Crippen LogP contribution in [0.1, 0.15) is 48.6 Å². The van der Waals surface area contributed by atoms with Crippen LogP contribution < -0.4 is 9.62 Å². The van der Waals surface area contributed by atoms with Crippen LogP contribution in [0.3, 0.4) is 0 Å². The summed E-state index contributed by atoms with van der Waals surface area (Å²) in [6.45, 7) is 10.7. The van der Waals surface area contributed by atoms with Crippen LogP contribution >= 0.6 is 11.6 Å². The van der Waals surface area contributed by atoms with Crippen molar-refractivity contribution in [2.24, 2.45) is 0 Å². The Morgan fingerprint density at radius 2 is 1.43 bits per heavy atom. The van der Waals surface area contributed by atoms with Crippen molar-refractivity contribution in [2.75, 3.05) is 10.8 Å². The Morgan fingerprint density at radius 1 is 0.826 bits per heavy atom. The SMILES string of the molecule is Cc1ccc(S(=O)(=O)N(CC(=O)N(Cc2ccccc2Cl)C(Cc2ccccc2)C(=O)NC(C)(C)C)c2ccc(C)cc2C)cc1. The molecule has 0 aliphatic rings. The molecule has 9 heteroatoms. The number of carbonyl (C=O) groups excluding carboxylic acids is 2. The molecule has 0 aromatic heterocycles. The second-order valence-electron chi connectivity index (χ2n) is 12.7. The average Bonchev–Trinajstić information content (AvgIpc) is 2.98. The van der Waals surface area contributed by atoms with Gasteiger partial charge in [0.15, 0.2) is 0 Å². The van der Waals surface area contributed by atoms with E-state index in [2.05, 4.69) is 5.32 Å². The van der Waals surface area contributed by atoms with Crippen LogP contribution in [0, 0.1) is 20.8 Å². The van der Waals surface area contributed by atoms with E-state index in [0.29, 0.717) is 21.8 Å². The first-order chi connectivity index (χ1) is 21.7. The summed E-state index contributed by atoms with van der Waals surface area (Å²) >= 11 is 6.58. The minimum absolute atomic E-state index is 0.00112. The summed E-state index contributed by atoms with van der Waals surface area (Å²) in [6, 6.07) is 27.6. The highest BCUT2D eigenvalue weighted by Gasteiger charge is 2.36. The first-order valence-electron chi connectivity index (χ1n) is 15.2. The summed E-state index contributed by atoms with van der Waals surface area (Å²) in [7, 11) is -4.19. The molecule has 0 radical (unpaired) electrons. The van der Waals surface area contributed by atoms with Crippen molar-refractivity contribution >= 4 is 39.1 Å². The maximum atomic E-state index is 14.7. The van der Waals surface area contributed by atoms with Crippen LogP contribution in [0.25, 0.3) is 0 Å². The highest BCUT2D eigenvalue weighted by Crippen LogP contribution is 2.29. The largest absolute Gasteiger partial charge is 0.350 e. The number of nitrogens with zero attached hydrogens (tertiary/aromatic N) is 2. The highest BCUT2D eigenvalue weighted by atomic mass is 35.5. The zero-order valence-electron chi connectivity index (χ0n) is 27.2. The molecule has 0 heterocycles. The van der Waals surface area contributed by atoms with E-state index >= 15 is 0 Å². The molecule has 0 fully saturated rings. The molecule has 7 nitrogen and oxygen atoms in total. The number of nitrogens with one attached hydrogen (secondary N) is 1. The number of anilines is 1. The van der Waals surface area contributed by atoms with Gasteiger partial charge in [-0.05, 0) is 82.5 Å². The lowest BCUT2D eigenvalue weighted by atomic mass is 10.0. The third-order valence-electron chi connectivity index (χ3n) is 7.58. The second kappa shape index (κ2) is 14.5. The molecule has 0 aliphatic heterocycles. The zero-order valence-corrected chi connectivity index (χ0v) is 28.8. The third kappa shape index (κ3) is 8.77. The molecule has 4 rings (SSSR count). The van der Waals surface area contributed by atoms with Gasteiger partial charge in [0.2, 0.25) is 11.8 Å². The van der Waals surface area contributed by atoms with Gasteiger partial charge in [-0.25, -0.2) is 8.42 Å². The fourth-order valence-electron chi connectivity index (χ4n) is 5.25. The number of carbonyl (C=O) groups is 2. The van der Waals surface area contributed by atoms with Crippen molar-refractivity contribution in [3.63, 3.8) is 0 Å². The Labute approximate surface area is 278 Å². The molecule has 0 bridgehead atoms. The first-order valence-corrected chi connectivity index (χ1v) is 17.0. The predicted molar refractivity (Wildman–Crippen MR) is 185 cm³/mol. The summed E-state index contributed by atoms with van der Waals surface area (Å²) in [5, 5.41) is 3.48. The summed E-state index contributed by atoms with van der Waals surface area (Å²) in [4.78, 5) is 30.2. The minimum atomic E-state index is -4.19. The van der Waals surface area contributed by atoms with Crippen molar-refractivity contribution in [2.45, 2.75) is 71.0 Å². The summed E-state index contributed by atoms with van der Waals surface area (Å²) in [6.07, 6.45) is 0.215. The van der Waals surface area contributed by atoms with Gasteiger partial charge in [0.1, 0.15) is 12.6 Å². The zero-order chi connectivity index (χ0) is 33.6. The second-order valence-corrected chi connectivity index (χ2v) is 14.9. The van der Waals surface area contributed by atoms with Crippen molar-refractivity contribution < 1.29 is 18.0 Å². The summed E-state index contributed by atoms with van der Waals surface area (Å²) in [5.41, 5.74) is 3.87. The van der Waals surface area contributed by atoms with Crippen LogP contribution in [0.5, 0.6) is 0 Å². The third-order valence-corrected chi connectivity index (χ3v) is 9.72. The average molecular weight is 660 g/mol. The van der Waals surface area contributed by atoms with E-state index in [1.165, 1.54) is 4.90 Å². The van der Waals surface area contributed by atoms with E-state index in [9.17, 15) is 18.0 Å². The number of benzene rings is 4. The monoisotopic (exact) mass is 659 g/mol. The summed E-state index contributed by atoms with van der Waals surface area (Å²) in [5.74, 6) is -0.892. The standard InChI is InChI=1S/C37H42ClN3O4S/c1-26-16-19-31(20-17-26)46(44,45)41(33-21-18-27(2)22-28(33)3)25-35(42)40(24-30-14-10-11-15-32(30)38)34(36(43)39-37(4,5)6)23-29-12-8-7-9-13-29/h7-22,34H,23-25H2,1-6H3,(H,39,43). The number of sulfonamides is 1. The Hall–Kier alpha value is -4.14. The van der Waals surface area contributed by atoms with Crippen LogP contribution in [0.4, 0.5) is 5.69 Å². The van der Waals surface area contributed by atoms with Gasteiger partial charge in [-0.3, -0.25) is 13.9 Å². The van der Waals surface area contributed by atoms with Crippen molar-refractivity contribution in [3.8, 4) is 0 Å². The summed E-state index contributed by atoms with van der Waals surface area (Å²) < 4.78 is 29.7. The van der Waals surface area contributed by atoms with Crippen LogP contribution in [0.15, 0.2) is 102 Å². The molecule has 0 aliphatic carbocycles. The molecule has 0 saturated heterocycles. The molecular weight excluding hydrogens is 618 g/mol. The van der Waals surface area contributed by atoms with Crippen LogP contribution in [0.2, 0.25) is 5.02 Å². The number of hydrogen-bond donors (Lipinski definition) is 1. The van der Waals surface area contributed by atoms with Crippen molar-refractivity contribution in [3.05, 3.63) is 130 Å². The Balaban J connectivity index is 1.85. The molecule has 4 aromatic rings. The van der Waals surface area contributed by atoms with E-state index in [-0.39, 0.29) is 23.8 Å². The van der Waals surface area contributed by atoms with Crippen molar-refractivity contribution in [1.82, 2.24) is 10.2 Å². The van der Waals surface area contributed by atoms with Gasteiger partial charge in [0, 0.05) is 23.5 Å². The number of aryl methyl sites for hydroxylation is 3. The van der Waals surface area contributed by atoms with E-state index < -0.39 is 34.1 Å². The quantitative estimate of drug-likeness (QED) is 0.188. The fraction of sp³-hybridized carbons (Fsp3) is 0.297. The fourth-order valence-corrected chi connectivity index (χ4v) is 6.93. The van der Waals surface area contributed by atoms with Gasteiger partial charge in [0.05, 0.1) is 10.6 Å². The molecule has 1 N–H and O–H groups in total. The van der Waals surface area contributed by atoms with E-state index in [0.717, 1.165) is 21.0 Å². The predicted octanol–water partition coefficient (Wildman–Crippen LogP) is 7.02. The molecule has 0 spiro atoms. The molecule has 1 unspecified atom stereocenters. The van der Waals surface area contributed by atoms with Gasteiger partial charge in [-0.15, -0.1) is 0 Å². The van der Waals surface area contributed by atoms with Crippen molar-refractivity contribution in [1.29, 1.82) is 0 Å². The molecular formula is C37H42ClN3O4S. The molecule has 2 amide bonds. The highest BCUT2D eigenvalue weighted by molar-refractivity contribution is 7.92. The Bertz CT molecular complexity index is 1790. The van der Waals surface area contributed by atoms with E-state index in [4.69, 9.17) is 11.6 Å². The topological polar surface area (TPSA) is 86.8 Å². The van der Waals surface area contributed by atoms with Gasteiger partial charge >= 0.3 is 0 Å². The number of hydrogen-bond acceptors (Lipinski definition) is 4. The first kappa shape index (κ1) is 34.7. The maximum Gasteiger partial charge on any atom is 0.264 e. The maximum absolute atomic E-state index is 14.7. The van der Waals surface area contributed by atoms with Crippen LogP contribution in [-0.4, -0.2) is 43.3 Å². The molecule has 0 saturated carbocycles. The smallest absolute Gasteiger partial charge is 0.264 e. The molecule has 1 atom stereocenters. The Morgan fingerprint density at radius 3 is 2.04 bits per heavy atom. The van der Waals surface area contributed by atoms with E-state index in [1.807, 2.05) is 90.1 Å².